The Balaban J connectivity index is 1.39. The van der Waals surface area contributed by atoms with Crippen LogP contribution >= 0.6 is 11.6 Å². The molecule has 3 aromatic heterocycles. The number of hydrogen-bond donors (Lipinski definition) is 2. The molecular formula is C22H18ClN5O. The quantitative estimate of drug-likeness (QED) is 0.533. The summed E-state index contributed by atoms with van der Waals surface area (Å²) in [6.07, 6.45) is 4.21. The lowest BCUT2D eigenvalue weighted by molar-refractivity contribution is 0.0950. The highest BCUT2D eigenvalue weighted by molar-refractivity contribution is 6.31. The summed E-state index contributed by atoms with van der Waals surface area (Å²) < 4.78 is 0. The third-order valence-electron chi connectivity index (χ3n) is 5.26. The van der Waals surface area contributed by atoms with E-state index in [2.05, 4.69) is 25.5 Å². The molecule has 1 amide bonds. The molecular weight excluding hydrogens is 386 g/mol. The van der Waals surface area contributed by atoms with E-state index in [4.69, 9.17) is 11.6 Å². The molecule has 0 saturated heterocycles. The van der Waals surface area contributed by atoms with Gasteiger partial charge in [-0.25, -0.2) is 4.98 Å². The highest BCUT2D eigenvalue weighted by Gasteiger charge is 2.40. The normalized spacial score (nSPS) is 18.0. The Labute approximate surface area is 172 Å². The number of benzene rings is 1. The van der Waals surface area contributed by atoms with Crippen molar-refractivity contribution in [2.45, 2.75) is 25.3 Å². The topological polar surface area (TPSA) is 83.6 Å². The SMILES string of the molecule is Cc1cc(-c2n[nH]c3ncc(C(=O)N[C@H]4C[C@@H]4c4ccccc4Cl)cc23)ccn1. The van der Waals surface area contributed by atoms with Gasteiger partial charge in [0, 0.05) is 46.0 Å². The zero-order valence-electron chi connectivity index (χ0n) is 15.7. The summed E-state index contributed by atoms with van der Waals surface area (Å²) in [5.41, 5.74) is 4.83. The van der Waals surface area contributed by atoms with Crippen molar-refractivity contribution >= 4 is 28.5 Å². The van der Waals surface area contributed by atoms with E-state index in [0.29, 0.717) is 11.2 Å². The average Bonchev–Trinajstić information content (AvgIpc) is 3.34. The summed E-state index contributed by atoms with van der Waals surface area (Å²) in [6.45, 7) is 1.93. The van der Waals surface area contributed by atoms with Gasteiger partial charge in [0.05, 0.1) is 5.56 Å². The second kappa shape index (κ2) is 6.97. The number of H-pyrrole nitrogens is 1. The second-order valence-corrected chi connectivity index (χ2v) is 7.73. The van der Waals surface area contributed by atoms with Crippen molar-refractivity contribution in [2.75, 3.05) is 0 Å². The largest absolute Gasteiger partial charge is 0.349 e. The second-order valence-electron chi connectivity index (χ2n) is 7.32. The summed E-state index contributed by atoms with van der Waals surface area (Å²) in [7, 11) is 0. The van der Waals surface area contributed by atoms with Gasteiger partial charge in [0.1, 0.15) is 5.69 Å². The van der Waals surface area contributed by atoms with Gasteiger partial charge in [-0.05, 0) is 43.2 Å². The van der Waals surface area contributed by atoms with Crippen LogP contribution in [0.3, 0.4) is 0 Å². The van der Waals surface area contributed by atoms with Crippen LogP contribution in [0.2, 0.25) is 5.02 Å². The van der Waals surface area contributed by atoms with Crippen LogP contribution in [-0.2, 0) is 0 Å². The maximum atomic E-state index is 12.8. The Bertz CT molecular complexity index is 1230. The number of nitrogens with zero attached hydrogens (tertiary/aromatic N) is 3. The van der Waals surface area contributed by atoms with Crippen LogP contribution in [0.1, 0.15) is 34.0 Å². The van der Waals surface area contributed by atoms with Gasteiger partial charge in [-0.1, -0.05) is 29.8 Å². The number of aromatic amines is 1. The minimum absolute atomic E-state index is 0.0877. The van der Waals surface area contributed by atoms with E-state index >= 15 is 0 Å². The predicted octanol–water partition coefficient (Wildman–Crippen LogP) is 4.27. The van der Waals surface area contributed by atoms with Crippen LogP contribution in [0.15, 0.2) is 54.9 Å². The fourth-order valence-electron chi connectivity index (χ4n) is 3.67. The van der Waals surface area contributed by atoms with E-state index in [0.717, 1.165) is 39.3 Å². The molecule has 3 heterocycles. The third kappa shape index (κ3) is 3.36. The van der Waals surface area contributed by atoms with E-state index < -0.39 is 0 Å². The molecule has 29 heavy (non-hydrogen) atoms. The average molecular weight is 404 g/mol. The Morgan fingerprint density at radius 1 is 1.21 bits per heavy atom. The van der Waals surface area contributed by atoms with E-state index in [1.807, 2.05) is 49.4 Å². The maximum absolute atomic E-state index is 12.8. The van der Waals surface area contributed by atoms with Gasteiger partial charge < -0.3 is 5.32 Å². The van der Waals surface area contributed by atoms with Crippen LogP contribution < -0.4 is 5.32 Å². The molecule has 1 saturated carbocycles. The smallest absolute Gasteiger partial charge is 0.253 e. The van der Waals surface area contributed by atoms with Gasteiger partial charge in [-0.15, -0.1) is 0 Å². The highest BCUT2D eigenvalue weighted by Crippen LogP contribution is 2.43. The lowest BCUT2D eigenvalue weighted by Crippen LogP contribution is -2.26. The fourth-order valence-corrected chi connectivity index (χ4v) is 3.94. The molecule has 0 spiro atoms. The third-order valence-corrected chi connectivity index (χ3v) is 5.60. The number of nitrogens with one attached hydrogen (secondary N) is 2. The van der Waals surface area contributed by atoms with Gasteiger partial charge in [0.25, 0.3) is 5.91 Å². The Kier molecular flexibility index (Phi) is 4.28. The molecule has 1 aliphatic carbocycles. The molecule has 0 aliphatic heterocycles. The lowest BCUT2D eigenvalue weighted by atomic mass is 10.1. The van der Waals surface area contributed by atoms with Crippen LogP contribution in [0.4, 0.5) is 0 Å². The summed E-state index contributed by atoms with van der Waals surface area (Å²) in [5.74, 6) is 0.116. The molecule has 0 radical (unpaired) electrons. The standard InChI is InChI=1S/C22H18ClN5O/c1-12-8-13(6-7-24-12)20-17-9-14(11-25-21(17)28-27-20)22(29)26-19-10-16(19)15-4-2-3-5-18(15)23/h2-9,11,16,19H,10H2,1H3,(H,26,29)(H,25,27,28)/t16-,19+/m1/s1. The van der Waals surface area contributed by atoms with Gasteiger partial charge in [0.2, 0.25) is 0 Å². The van der Waals surface area contributed by atoms with E-state index in [9.17, 15) is 4.79 Å². The van der Waals surface area contributed by atoms with Crippen LogP contribution in [0, 0.1) is 6.92 Å². The molecule has 5 rings (SSSR count). The molecule has 144 valence electrons. The number of fused-ring (bicyclic) bond motifs is 1. The van der Waals surface area contributed by atoms with E-state index in [1.54, 1.807) is 12.4 Å². The van der Waals surface area contributed by atoms with Crippen molar-refractivity contribution < 1.29 is 4.79 Å². The molecule has 4 aromatic rings. The van der Waals surface area contributed by atoms with Crippen molar-refractivity contribution in [2.24, 2.45) is 0 Å². The first-order valence-corrected chi connectivity index (χ1v) is 9.80. The number of carbonyl (C=O) groups is 1. The Hall–Kier alpha value is -3.25. The fraction of sp³-hybridized carbons (Fsp3) is 0.182. The van der Waals surface area contributed by atoms with Crippen molar-refractivity contribution in [3.8, 4) is 11.3 Å². The summed E-state index contributed by atoms with van der Waals surface area (Å²) in [4.78, 5) is 21.4. The molecule has 7 heteroatoms. The monoisotopic (exact) mass is 403 g/mol. The molecule has 2 N–H and O–H groups in total. The summed E-state index contributed by atoms with van der Waals surface area (Å²) in [5, 5.41) is 12.0. The molecule has 1 aliphatic rings. The minimum atomic E-state index is -0.142. The summed E-state index contributed by atoms with van der Waals surface area (Å²) >= 11 is 6.28. The zero-order valence-corrected chi connectivity index (χ0v) is 16.4. The van der Waals surface area contributed by atoms with E-state index in [1.165, 1.54) is 0 Å². The maximum Gasteiger partial charge on any atom is 0.253 e. The molecule has 1 fully saturated rings. The zero-order chi connectivity index (χ0) is 20.0. The Morgan fingerprint density at radius 3 is 2.90 bits per heavy atom. The number of aromatic nitrogens is 4. The molecule has 2 atom stereocenters. The number of pyridine rings is 2. The van der Waals surface area contributed by atoms with Crippen molar-refractivity contribution in [3.63, 3.8) is 0 Å². The van der Waals surface area contributed by atoms with Gasteiger partial charge >= 0.3 is 0 Å². The van der Waals surface area contributed by atoms with Gasteiger partial charge in [-0.2, -0.15) is 5.10 Å². The molecule has 0 unspecified atom stereocenters. The van der Waals surface area contributed by atoms with Gasteiger partial charge in [0.15, 0.2) is 5.65 Å². The van der Waals surface area contributed by atoms with Gasteiger partial charge in [-0.3, -0.25) is 14.9 Å². The van der Waals surface area contributed by atoms with Crippen molar-refractivity contribution in [1.29, 1.82) is 0 Å². The predicted molar refractivity (Wildman–Crippen MR) is 112 cm³/mol. The number of rotatable bonds is 4. The first-order valence-electron chi connectivity index (χ1n) is 9.42. The number of aryl methyl sites for hydroxylation is 1. The van der Waals surface area contributed by atoms with Crippen LogP contribution in [0.5, 0.6) is 0 Å². The number of hydrogen-bond acceptors (Lipinski definition) is 4. The minimum Gasteiger partial charge on any atom is -0.349 e. The van der Waals surface area contributed by atoms with Crippen molar-refractivity contribution in [3.05, 3.63) is 76.7 Å². The van der Waals surface area contributed by atoms with Crippen molar-refractivity contribution in [1.82, 2.24) is 25.5 Å². The van der Waals surface area contributed by atoms with Crippen LogP contribution in [0.25, 0.3) is 22.3 Å². The number of carbonyl (C=O) groups excluding carboxylic acids is 1. The lowest BCUT2D eigenvalue weighted by Gasteiger charge is -2.06. The highest BCUT2D eigenvalue weighted by atomic mass is 35.5. The molecule has 0 bridgehead atoms. The number of amides is 1. The first-order chi connectivity index (χ1) is 14.1. The molecule has 6 nitrogen and oxygen atoms in total. The summed E-state index contributed by atoms with van der Waals surface area (Å²) in [6, 6.07) is 13.6. The molecule has 1 aromatic carbocycles. The number of halogens is 1. The van der Waals surface area contributed by atoms with Crippen LogP contribution in [-0.4, -0.2) is 32.1 Å². The first kappa shape index (κ1) is 17.8. The Morgan fingerprint density at radius 2 is 2.07 bits per heavy atom. The van der Waals surface area contributed by atoms with E-state index in [-0.39, 0.29) is 17.9 Å².